The Labute approximate surface area is 146 Å². The molecule has 4 heteroatoms. The normalized spacial score (nSPS) is 10.6. The molecule has 25 heavy (non-hydrogen) atoms. The molecule has 0 amide bonds. The lowest BCUT2D eigenvalue weighted by atomic mass is 10.0. The molecule has 0 fully saturated rings. The number of hydrogen-bond donors (Lipinski definition) is 1. The van der Waals surface area contributed by atoms with Gasteiger partial charge >= 0.3 is 0 Å². The van der Waals surface area contributed by atoms with Gasteiger partial charge in [0.15, 0.2) is 0 Å². The van der Waals surface area contributed by atoms with Gasteiger partial charge in [-0.1, -0.05) is 42.5 Å². The van der Waals surface area contributed by atoms with Crippen LogP contribution in [0.15, 0.2) is 83.3 Å². The molecular formula is C21H17N3O. The molecule has 0 aliphatic carbocycles. The van der Waals surface area contributed by atoms with E-state index in [1.54, 1.807) is 0 Å². The monoisotopic (exact) mass is 327 g/mol. The van der Waals surface area contributed by atoms with Crippen LogP contribution in [0, 0.1) is 0 Å². The maximum absolute atomic E-state index is 5.80. The van der Waals surface area contributed by atoms with Crippen LogP contribution in [0.4, 0.5) is 5.69 Å². The summed E-state index contributed by atoms with van der Waals surface area (Å²) in [6.45, 7) is 0. The molecule has 0 saturated heterocycles. The number of benzene rings is 3. The van der Waals surface area contributed by atoms with E-state index in [1.165, 1.54) is 5.56 Å². The first-order valence-electron chi connectivity index (χ1n) is 8.11. The molecule has 0 radical (unpaired) electrons. The minimum Gasteiger partial charge on any atom is -0.416 e. The summed E-state index contributed by atoms with van der Waals surface area (Å²) in [7, 11) is 1.91. The lowest BCUT2D eigenvalue weighted by Crippen LogP contribution is -1.87. The van der Waals surface area contributed by atoms with Gasteiger partial charge < -0.3 is 9.73 Å². The van der Waals surface area contributed by atoms with Crippen LogP contribution < -0.4 is 5.32 Å². The van der Waals surface area contributed by atoms with Crippen molar-refractivity contribution in [1.82, 2.24) is 10.2 Å². The number of nitrogens with zero attached hydrogens (tertiary/aromatic N) is 2. The number of nitrogens with one attached hydrogen (secondary N) is 1. The van der Waals surface area contributed by atoms with Gasteiger partial charge in [-0.25, -0.2) is 0 Å². The van der Waals surface area contributed by atoms with E-state index in [0.717, 1.165) is 22.4 Å². The first-order valence-corrected chi connectivity index (χ1v) is 8.11. The van der Waals surface area contributed by atoms with E-state index in [9.17, 15) is 0 Å². The molecule has 1 aromatic heterocycles. The second-order valence-electron chi connectivity index (χ2n) is 5.68. The van der Waals surface area contributed by atoms with E-state index in [0.29, 0.717) is 11.8 Å². The van der Waals surface area contributed by atoms with Crippen molar-refractivity contribution in [2.45, 2.75) is 0 Å². The van der Waals surface area contributed by atoms with Crippen LogP contribution in [-0.4, -0.2) is 17.2 Å². The summed E-state index contributed by atoms with van der Waals surface area (Å²) in [5, 5.41) is 11.4. The number of anilines is 1. The molecule has 4 nitrogen and oxygen atoms in total. The van der Waals surface area contributed by atoms with Crippen LogP contribution in [0.5, 0.6) is 0 Å². The Morgan fingerprint density at radius 1 is 0.600 bits per heavy atom. The van der Waals surface area contributed by atoms with Gasteiger partial charge in [-0.3, -0.25) is 0 Å². The fraction of sp³-hybridized carbons (Fsp3) is 0.0476. The van der Waals surface area contributed by atoms with Crippen molar-refractivity contribution in [2.75, 3.05) is 12.4 Å². The third-order valence-electron chi connectivity index (χ3n) is 4.08. The molecule has 1 heterocycles. The third-order valence-corrected chi connectivity index (χ3v) is 4.08. The van der Waals surface area contributed by atoms with Crippen molar-refractivity contribution in [2.24, 2.45) is 0 Å². The van der Waals surface area contributed by atoms with Crippen molar-refractivity contribution < 1.29 is 4.42 Å². The van der Waals surface area contributed by atoms with E-state index >= 15 is 0 Å². The molecule has 1 N–H and O–H groups in total. The Bertz CT molecular complexity index is 958. The van der Waals surface area contributed by atoms with E-state index in [4.69, 9.17) is 4.42 Å². The Kier molecular flexibility index (Phi) is 4.01. The predicted molar refractivity (Wildman–Crippen MR) is 100 cm³/mol. The quantitative estimate of drug-likeness (QED) is 0.566. The molecule has 122 valence electrons. The molecule has 0 saturated carbocycles. The number of rotatable bonds is 4. The predicted octanol–water partition coefficient (Wildman–Crippen LogP) is 5.11. The van der Waals surface area contributed by atoms with E-state index < -0.39 is 0 Å². The van der Waals surface area contributed by atoms with Gasteiger partial charge in [0.25, 0.3) is 0 Å². The molecule has 4 rings (SSSR count). The second-order valence-corrected chi connectivity index (χ2v) is 5.68. The zero-order valence-corrected chi connectivity index (χ0v) is 13.8. The summed E-state index contributed by atoms with van der Waals surface area (Å²) in [6.07, 6.45) is 0. The minimum atomic E-state index is 0.524. The average molecular weight is 327 g/mol. The minimum absolute atomic E-state index is 0.524. The summed E-state index contributed by atoms with van der Waals surface area (Å²) >= 11 is 0. The highest BCUT2D eigenvalue weighted by atomic mass is 16.4. The Balaban J connectivity index is 1.59. The Morgan fingerprint density at radius 2 is 1.08 bits per heavy atom. The highest BCUT2D eigenvalue weighted by Gasteiger charge is 2.10. The maximum Gasteiger partial charge on any atom is 0.248 e. The topological polar surface area (TPSA) is 51.0 Å². The van der Waals surface area contributed by atoms with Gasteiger partial charge in [0.2, 0.25) is 11.8 Å². The van der Waals surface area contributed by atoms with E-state index in [-0.39, 0.29) is 0 Å². The van der Waals surface area contributed by atoms with Crippen LogP contribution >= 0.6 is 0 Å². The molecule has 0 unspecified atom stereocenters. The van der Waals surface area contributed by atoms with E-state index in [2.05, 4.69) is 51.9 Å². The fourth-order valence-corrected chi connectivity index (χ4v) is 2.67. The van der Waals surface area contributed by atoms with Gasteiger partial charge in [-0.2, -0.15) is 0 Å². The fourth-order valence-electron chi connectivity index (χ4n) is 2.67. The summed E-state index contributed by atoms with van der Waals surface area (Å²) in [4.78, 5) is 0. The van der Waals surface area contributed by atoms with Crippen molar-refractivity contribution in [3.8, 4) is 34.0 Å². The number of hydrogen-bond acceptors (Lipinski definition) is 4. The molecule has 3 aromatic carbocycles. The molecule has 0 spiro atoms. The van der Waals surface area contributed by atoms with Gasteiger partial charge in [-0.05, 0) is 47.5 Å². The van der Waals surface area contributed by atoms with Crippen molar-refractivity contribution in [3.05, 3.63) is 78.9 Å². The lowest BCUT2D eigenvalue weighted by Gasteiger charge is -2.04. The summed E-state index contributed by atoms with van der Waals surface area (Å²) in [5.41, 5.74) is 5.24. The zero-order valence-electron chi connectivity index (χ0n) is 13.8. The SMILES string of the molecule is CNc1ccc(-c2ccc(-c3nnc(-c4ccccc4)o3)cc2)cc1. The average Bonchev–Trinajstić information content (AvgIpc) is 3.19. The van der Waals surface area contributed by atoms with Crippen LogP contribution in [0.2, 0.25) is 0 Å². The van der Waals surface area contributed by atoms with Crippen LogP contribution in [0.1, 0.15) is 0 Å². The van der Waals surface area contributed by atoms with Crippen molar-refractivity contribution in [1.29, 1.82) is 0 Å². The van der Waals surface area contributed by atoms with Crippen LogP contribution in [-0.2, 0) is 0 Å². The zero-order chi connectivity index (χ0) is 17.1. The van der Waals surface area contributed by atoms with E-state index in [1.807, 2.05) is 49.5 Å². The summed E-state index contributed by atoms with van der Waals surface area (Å²) in [5.74, 6) is 1.05. The van der Waals surface area contributed by atoms with Crippen molar-refractivity contribution >= 4 is 5.69 Å². The first kappa shape index (κ1) is 15.1. The molecular weight excluding hydrogens is 310 g/mol. The molecule has 0 aliphatic rings. The molecule has 0 atom stereocenters. The number of aromatic nitrogens is 2. The first-order chi connectivity index (χ1) is 12.3. The highest BCUT2D eigenvalue weighted by Crippen LogP contribution is 2.27. The highest BCUT2D eigenvalue weighted by molar-refractivity contribution is 5.69. The van der Waals surface area contributed by atoms with Gasteiger partial charge in [0.1, 0.15) is 0 Å². The van der Waals surface area contributed by atoms with Gasteiger partial charge in [0.05, 0.1) is 0 Å². The third kappa shape index (κ3) is 3.15. The van der Waals surface area contributed by atoms with Crippen LogP contribution in [0.3, 0.4) is 0 Å². The Morgan fingerprint density at radius 3 is 1.64 bits per heavy atom. The summed E-state index contributed by atoms with van der Waals surface area (Å²) in [6, 6.07) is 26.2. The molecule has 4 aromatic rings. The molecule has 0 bridgehead atoms. The summed E-state index contributed by atoms with van der Waals surface area (Å²) < 4.78 is 5.80. The lowest BCUT2D eigenvalue weighted by molar-refractivity contribution is 0.584. The smallest absolute Gasteiger partial charge is 0.248 e. The van der Waals surface area contributed by atoms with Gasteiger partial charge in [0, 0.05) is 23.9 Å². The second kappa shape index (κ2) is 6.61. The van der Waals surface area contributed by atoms with Gasteiger partial charge in [-0.15, -0.1) is 10.2 Å². The largest absolute Gasteiger partial charge is 0.416 e. The Hall–Kier alpha value is -3.40. The molecule has 0 aliphatic heterocycles. The standard InChI is InChI=1S/C21H17N3O/c1-22-19-13-11-16(12-14-19)15-7-9-18(10-8-15)21-24-23-20(25-21)17-5-3-2-4-6-17/h2-14,22H,1H3. The van der Waals surface area contributed by atoms with Crippen LogP contribution in [0.25, 0.3) is 34.0 Å². The maximum atomic E-state index is 5.80. The van der Waals surface area contributed by atoms with Crippen molar-refractivity contribution in [3.63, 3.8) is 0 Å².